The molecule has 0 fully saturated rings. The minimum absolute atomic E-state index is 0.114. The molecule has 5 heteroatoms. The van der Waals surface area contributed by atoms with Crippen molar-refractivity contribution in [2.75, 3.05) is 13.7 Å². The Morgan fingerprint density at radius 2 is 1.94 bits per heavy atom. The number of nitrogens with one attached hydrogen (secondary N) is 2. The number of allylic oxidation sites excluding steroid dienone is 1. The van der Waals surface area contributed by atoms with Gasteiger partial charge in [-0.3, -0.25) is 4.79 Å². The molecule has 5 nitrogen and oxygen atoms in total. The summed E-state index contributed by atoms with van der Waals surface area (Å²) >= 11 is 0. The van der Waals surface area contributed by atoms with E-state index in [1.807, 2.05) is 46.0 Å². The molecule has 0 radical (unpaired) electrons. The fourth-order valence-electron chi connectivity index (χ4n) is 4.15. The summed E-state index contributed by atoms with van der Waals surface area (Å²) in [5.74, 6) is 1.52. The first kappa shape index (κ1) is 20.8. The molecule has 160 valence electrons. The number of H-pyrrole nitrogens is 1. The lowest BCUT2D eigenvalue weighted by atomic mass is 9.98. The molecule has 0 atom stereocenters. The molecule has 0 aliphatic rings. The number of aromatic amines is 1. The van der Waals surface area contributed by atoms with Crippen LogP contribution in [0.5, 0.6) is 5.75 Å². The van der Waals surface area contributed by atoms with E-state index in [1.165, 1.54) is 10.9 Å². The van der Waals surface area contributed by atoms with Gasteiger partial charge in [-0.2, -0.15) is 0 Å². The largest absolute Gasteiger partial charge is 0.496 e. The van der Waals surface area contributed by atoms with E-state index < -0.39 is 0 Å². The summed E-state index contributed by atoms with van der Waals surface area (Å²) in [7, 11) is 1.65. The van der Waals surface area contributed by atoms with Crippen LogP contribution in [0.15, 0.2) is 47.0 Å². The molecule has 0 bridgehead atoms. The quantitative estimate of drug-likeness (QED) is 0.402. The second-order valence-electron chi connectivity index (χ2n) is 7.97. The maximum atomic E-state index is 12.6. The van der Waals surface area contributed by atoms with Crippen LogP contribution in [-0.4, -0.2) is 24.5 Å². The third-order valence-electron chi connectivity index (χ3n) is 5.99. The molecule has 2 aromatic heterocycles. The first-order valence-electron chi connectivity index (χ1n) is 10.5. The van der Waals surface area contributed by atoms with Gasteiger partial charge in [-0.1, -0.05) is 18.2 Å². The van der Waals surface area contributed by atoms with Crippen molar-refractivity contribution in [3.05, 3.63) is 70.6 Å². The zero-order valence-electron chi connectivity index (χ0n) is 18.7. The zero-order chi connectivity index (χ0) is 22.1. The number of hydrogen-bond donors (Lipinski definition) is 2. The van der Waals surface area contributed by atoms with Gasteiger partial charge in [-0.25, -0.2) is 0 Å². The van der Waals surface area contributed by atoms with Crippen molar-refractivity contribution in [2.45, 2.75) is 34.1 Å². The average Bonchev–Trinajstić information content (AvgIpc) is 3.29. The zero-order valence-corrected chi connectivity index (χ0v) is 18.7. The lowest BCUT2D eigenvalue weighted by molar-refractivity contribution is -0.116. The van der Waals surface area contributed by atoms with Crippen LogP contribution in [0.4, 0.5) is 0 Å². The summed E-state index contributed by atoms with van der Waals surface area (Å²) in [6.45, 7) is 8.50. The van der Waals surface area contributed by atoms with Crippen LogP contribution in [0.1, 0.15) is 34.9 Å². The van der Waals surface area contributed by atoms with Crippen molar-refractivity contribution in [3.63, 3.8) is 0 Å². The Morgan fingerprint density at radius 3 is 2.71 bits per heavy atom. The van der Waals surface area contributed by atoms with Gasteiger partial charge in [0, 0.05) is 46.2 Å². The minimum atomic E-state index is -0.114. The smallest absolute Gasteiger partial charge is 0.244 e. The molecule has 0 unspecified atom stereocenters. The summed E-state index contributed by atoms with van der Waals surface area (Å²) in [6.07, 6.45) is 4.42. The van der Waals surface area contributed by atoms with E-state index in [-0.39, 0.29) is 5.91 Å². The highest BCUT2D eigenvalue weighted by Gasteiger charge is 2.18. The Kier molecular flexibility index (Phi) is 5.59. The van der Waals surface area contributed by atoms with Gasteiger partial charge in [-0.05, 0) is 62.9 Å². The van der Waals surface area contributed by atoms with E-state index in [0.29, 0.717) is 6.54 Å². The van der Waals surface area contributed by atoms with E-state index in [9.17, 15) is 4.79 Å². The fraction of sp³-hybridized carbons (Fsp3) is 0.269. The van der Waals surface area contributed by atoms with Crippen LogP contribution in [-0.2, 0) is 11.2 Å². The Morgan fingerprint density at radius 1 is 1.16 bits per heavy atom. The second-order valence-corrected chi connectivity index (χ2v) is 7.97. The number of carbonyl (C=O) groups excluding carboxylic acids is 1. The van der Waals surface area contributed by atoms with Gasteiger partial charge < -0.3 is 19.5 Å². The van der Waals surface area contributed by atoms with Gasteiger partial charge in [0.25, 0.3) is 0 Å². The number of para-hydroxylation sites is 1. The van der Waals surface area contributed by atoms with Gasteiger partial charge in [0.05, 0.1) is 7.11 Å². The number of aromatic nitrogens is 1. The van der Waals surface area contributed by atoms with Gasteiger partial charge in [0.1, 0.15) is 17.1 Å². The SMILES string of the molecule is COc1c(/C(C)=C/C(=O)NCCc2c[nH]c3ccccc23)cc2c(C)c(C)oc2c1C. The third-order valence-corrected chi connectivity index (χ3v) is 5.99. The molecule has 0 saturated carbocycles. The van der Waals surface area contributed by atoms with Crippen molar-refractivity contribution in [1.29, 1.82) is 0 Å². The molecule has 2 aromatic carbocycles. The number of amides is 1. The Hall–Kier alpha value is -3.47. The van der Waals surface area contributed by atoms with Crippen LogP contribution in [0.25, 0.3) is 27.4 Å². The van der Waals surface area contributed by atoms with Crippen molar-refractivity contribution in [1.82, 2.24) is 10.3 Å². The maximum absolute atomic E-state index is 12.6. The summed E-state index contributed by atoms with van der Waals surface area (Å²) < 4.78 is 11.6. The number of carbonyl (C=O) groups is 1. The molecular weight excluding hydrogens is 388 g/mol. The molecule has 0 aliphatic heterocycles. The topological polar surface area (TPSA) is 67.3 Å². The lowest BCUT2D eigenvalue weighted by Gasteiger charge is -2.13. The molecule has 1 amide bonds. The van der Waals surface area contributed by atoms with E-state index in [0.717, 1.165) is 56.7 Å². The van der Waals surface area contributed by atoms with Crippen molar-refractivity contribution < 1.29 is 13.9 Å². The number of fused-ring (bicyclic) bond motifs is 2. The highest BCUT2D eigenvalue weighted by atomic mass is 16.5. The van der Waals surface area contributed by atoms with Crippen LogP contribution in [0, 0.1) is 20.8 Å². The summed E-state index contributed by atoms with van der Waals surface area (Å²) in [5, 5.41) is 5.25. The number of methoxy groups -OCH3 is 1. The predicted molar refractivity (Wildman–Crippen MR) is 126 cm³/mol. The average molecular weight is 417 g/mol. The molecule has 0 spiro atoms. The number of benzene rings is 2. The standard InChI is InChI=1S/C26H28N2O3/c1-15(21-13-22-16(2)18(4)31-26(22)17(3)25(21)30-5)12-24(29)27-11-10-19-14-28-23-9-7-6-8-20(19)23/h6-9,12-14,28H,10-11H2,1-5H3,(H,27,29)/b15-12+. The molecular formula is C26H28N2O3. The molecule has 2 heterocycles. The van der Waals surface area contributed by atoms with Crippen molar-refractivity contribution in [3.8, 4) is 5.75 Å². The van der Waals surface area contributed by atoms with Crippen molar-refractivity contribution >= 4 is 33.4 Å². The fourth-order valence-corrected chi connectivity index (χ4v) is 4.15. The van der Waals surface area contributed by atoms with E-state index in [1.54, 1.807) is 13.2 Å². The van der Waals surface area contributed by atoms with E-state index >= 15 is 0 Å². The van der Waals surface area contributed by atoms with Crippen LogP contribution < -0.4 is 10.1 Å². The van der Waals surface area contributed by atoms with Crippen molar-refractivity contribution in [2.24, 2.45) is 0 Å². The molecule has 31 heavy (non-hydrogen) atoms. The Labute approximate surface area is 182 Å². The third kappa shape index (κ3) is 3.83. The summed E-state index contributed by atoms with van der Waals surface area (Å²) in [4.78, 5) is 15.9. The number of furan rings is 1. The maximum Gasteiger partial charge on any atom is 0.244 e. The minimum Gasteiger partial charge on any atom is -0.496 e. The van der Waals surface area contributed by atoms with E-state index in [4.69, 9.17) is 9.15 Å². The Balaban J connectivity index is 1.52. The number of rotatable bonds is 6. The predicted octanol–water partition coefficient (Wildman–Crippen LogP) is 5.61. The molecule has 0 aliphatic carbocycles. The molecule has 4 aromatic rings. The highest BCUT2D eigenvalue weighted by Crippen LogP contribution is 2.38. The van der Waals surface area contributed by atoms with Gasteiger partial charge in [0.2, 0.25) is 5.91 Å². The lowest BCUT2D eigenvalue weighted by Crippen LogP contribution is -2.23. The van der Waals surface area contributed by atoms with Crippen LogP contribution >= 0.6 is 0 Å². The summed E-state index contributed by atoms with van der Waals surface area (Å²) in [5.41, 5.74) is 6.96. The monoisotopic (exact) mass is 416 g/mol. The summed E-state index contributed by atoms with van der Waals surface area (Å²) in [6, 6.07) is 10.2. The molecule has 0 saturated heterocycles. The first-order chi connectivity index (χ1) is 14.9. The van der Waals surface area contributed by atoms with Crippen LogP contribution in [0.2, 0.25) is 0 Å². The Bertz CT molecular complexity index is 1310. The van der Waals surface area contributed by atoms with Gasteiger partial charge >= 0.3 is 0 Å². The van der Waals surface area contributed by atoms with Gasteiger partial charge in [0.15, 0.2) is 0 Å². The molecule has 4 rings (SSSR count). The number of hydrogen-bond acceptors (Lipinski definition) is 3. The second kappa shape index (κ2) is 8.34. The van der Waals surface area contributed by atoms with Gasteiger partial charge in [-0.15, -0.1) is 0 Å². The van der Waals surface area contributed by atoms with Crippen LogP contribution in [0.3, 0.4) is 0 Å². The first-order valence-corrected chi connectivity index (χ1v) is 10.5. The normalized spacial score (nSPS) is 12.0. The van der Waals surface area contributed by atoms with E-state index in [2.05, 4.69) is 28.5 Å². The molecule has 2 N–H and O–H groups in total. The number of ether oxygens (including phenoxy) is 1. The highest BCUT2D eigenvalue weighted by molar-refractivity contribution is 5.98. The number of aryl methyl sites for hydroxylation is 3.